The molecule has 1 amide bonds. The van der Waals surface area contributed by atoms with E-state index < -0.39 is 11.6 Å². The molecule has 0 saturated heterocycles. The fourth-order valence-electron chi connectivity index (χ4n) is 2.73. The Hall–Kier alpha value is -3.51. The lowest BCUT2D eigenvalue weighted by Gasteiger charge is -2.01. The maximum atomic E-state index is 13.5. The van der Waals surface area contributed by atoms with Gasteiger partial charge in [0.1, 0.15) is 5.52 Å². The van der Waals surface area contributed by atoms with Gasteiger partial charge in [-0.3, -0.25) is 4.79 Å². The van der Waals surface area contributed by atoms with E-state index in [9.17, 15) is 13.6 Å². The first-order chi connectivity index (χ1) is 14.0. The molecule has 0 saturated carbocycles. The number of rotatable bonds is 4. The molecular weight excluding hydrogens is 398 g/mol. The van der Waals surface area contributed by atoms with Gasteiger partial charge in [0.2, 0.25) is 11.8 Å². The van der Waals surface area contributed by atoms with Gasteiger partial charge in [0.25, 0.3) is 0 Å². The Kier molecular flexibility index (Phi) is 5.10. The van der Waals surface area contributed by atoms with Crippen LogP contribution in [0.1, 0.15) is 5.56 Å². The van der Waals surface area contributed by atoms with E-state index in [1.54, 1.807) is 24.3 Å². The molecule has 29 heavy (non-hydrogen) atoms. The molecule has 0 aliphatic rings. The molecule has 4 rings (SSSR count). The lowest BCUT2D eigenvalue weighted by molar-refractivity contribution is -0.111. The van der Waals surface area contributed by atoms with E-state index >= 15 is 0 Å². The number of carbonyl (C=O) groups is 1. The van der Waals surface area contributed by atoms with Crippen LogP contribution in [0.15, 0.2) is 71.2 Å². The van der Waals surface area contributed by atoms with E-state index in [1.165, 1.54) is 6.08 Å². The second-order valence-corrected chi connectivity index (χ2v) is 6.59. The van der Waals surface area contributed by atoms with Crippen LogP contribution in [0.3, 0.4) is 0 Å². The van der Waals surface area contributed by atoms with Crippen molar-refractivity contribution in [2.75, 3.05) is 5.32 Å². The summed E-state index contributed by atoms with van der Waals surface area (Å²) in [5, 5.41) is 2.72. The Morgan fingerprint density at radius 1 is 1.03 bits per heavy atom. The topological polar surface area (TPSA) is 55.1 Å². The van der Waals surface area contributed by atoms with Crippen LogP contribution in [0.25, 0.3) is 28.6 Å². The van der Waals surface area contributed by atoms with Gasteiger partial charge in [0.05, 0.1) is 10.6 Å². The molecule has 1 N–H and O–H groups in total. The maximum absolute atomic E-state index is 13.5. The third kappa shape index (κ3) is 4.17. The van der Waals surface area contributed by atoms with Crippen molar-refractivity contribution in [1.82, 2.24) is 4.98 Å². The lowest BCUT2D eigenvalue weighted by Crippen LogP contribution is -2.07. The number of benzene rings is 3. The first kappa shape index (κ1) is 18.8. The summed E-state index contributed by atoms with van der Waals surface area (Å²) in [6, 6.07) is 16.1. The standard InChI is InChI=1S/C22H13ClF2N2O2/c23-16-12-18(25)17(24)11-15(16)22-27-19-10-14(7-8-20(19)29-22)26-21(28)9-6-13-4-2-1-3-5-13/h1-12H,(H,26,28). The van der Waals surface area contributed by atoms with Gasteiger partial charge in [0, 0.05) is 11.8 Å². The molecule has 1 heterocycles. The highest BCUT2D eigenvalue weighted by Gasteiger charge is 2.16. The van der Waals surface area contributed by atoms with Crippen LogP contribution in [-0.4, -0.2) is 10.9 Å². The van der Waals surface area contributed by atoms with Crippen molar-refractivity contribution in [2.24, 2.45) is 0 Å². The Morgan fingerprint density at radius 2 is 1.79 bits per heavy atom. The second kappa shape index (κ2) is 7.85. The van der Waals surface area contributed by atoms with Crippen LogP contribution in [0, 0.1) is 11.6 Å². The number of fused-ring (bicyclic) bond motifs is 1. The second-order valence-electron chi connectivity index (χ2n) is 6.18. The van der Waals surface area contributed by atoms with E-state index in [-0.39, 0.29) is 22.4 Å². The van der Waals surface area contributed by atoms with Gasteiger partial charge in [-0.1, -0.05) is 41.9 Å². The van der Waals surface area contributed by atoms with Crippen LogP contribution in [0.2, 0.25) is 5.02 Å². The van der Waals surface area contributed by atoms with Gasteiger partial charge < -0.3 is 9.73 Å². The molecule has 144 valence electrons. The van der Waals surface area contributed by atoms with Gasteiger partial charge in [0.15, 0.2) is 17.2 Å². The van der Waals surface area contributed by atoms with Crippen LogP contribution in [0.4, 0.5) is 14.5 Å². The SMILES string of the molecule is O=C(C=Cc1ccccc1)Nc1ccc2oc(-c3cc(F)c(F)cc3Cl)nc2c1. The number of carbonyl (C=O) groups excluding carboxylic acids is 1. The monoisotopic (exact) mass is 410 g/mol. The lowest BCUT2D eigenvalue weighted by atomic mass is 10.2. The Bertz CT molecular complexity index is 1240. The number of nitrogens with one attached hydrogen (secondary N) is 1. The molecule has 1 aromatic heterocycles. The predicted molar refractivity (Wildman–Crippen MR) is 108 cm³/mol. The van der Waals surface area contributed by atoms with E-state index in [0.717, 1.165) is 17.7 Å². The number of hydrogen-bond donors (Lipinski definition) is 1. The molecule has 0 unspecified atom stereocenters. The van der Waals surface area contributed by atoms with Gasteiger partial charge >= 0.3 is 0 Å². The third-order valence-electron chi connectivity index (χ3n) is 4.12. The highest BCUT2D eigenvalue weighted by atomic mass is 35.5. The first-order valence-corrected chi connectivity index (χ1v) is 8.97. The number of aromatic nitrogens is 1. The first-order valence-electron chi connectivity index (χ1n) is 8.59. The summed E-state index contributed by atoms with van der Waals surface area (Å²) in [5.74, 6) is -2.36. The highest BCUT2D eigenvalue weighted by molar-refractivity contribution is 6.33. The number of hydrogen-bond acceptors (Lipinski definition) is 3. The summed E-state index contributed by atoms with van der Waals surface area (Å²) in [6.45, 7) is 0. The van der Waals surface area contributed by atoms with E-state index in [2.05, 4.69) is 10.3 Å². The predicted octanol–water partition coefficient (Wildman–Crippen LogP) is 6.08. The van der Waals surface area contributed by atoms with Crippen molar-refractivity contribution in [2.45, 2.75) is 0 Å². The molecule has 0 radical (unpaired) electrons. The van der Waals surface area contributed by atoms with Gasteiger partial charge in [-0.25, -0.2) is 13.8 Å². The number of halogens is 3. The quantitative estimate of drug-likeness (QED) is 0.328. The number of amides is 1. The minimum atomic E-state index is -1.05. The molecule has 7 heteroatoms. The summed E-state index contributed by atoms with van der Waals surface area (Å²) in [5.41, 5.74) is 2.40. The fourth-order valence-corrected chi connectivity index (χ4v) is 2.96. The minimum Gasteiger partial charge on any atom is -0.436 e. The molecule has 0 spiro atoms. The number of anilines is 1. The molecule has 0 bridgehead atoms. The van der Waals surface area contributed by atoms with Crippen molar-refractivity contribution in [1.29, 1.82) is 0 Å². The van der Waals surface area contributed by atoms with Crippen molar-refractivity contribution >= 4 is 40.4 Å². The molecule has 0 atom stereocenters. The van der Waals surface area contributed by atoms with Gasteiger partial charge in [-0.2, -0.15) is 0 Å². The summed E-state index contributed by atoms with van der Waals surface area (Å²) in [4.78, 5) is 16.4. The molecule has 0 aliphatic heterocycles. The largest absolute Gasteiger partial charge is 0.436 e. The molecule has 4 nitrogen and oxygen atoms in total. The Morgan fingerprint density at radius 3 is 2.59 bits per heavy atom. The van der Waals surface area contributed by atoms with E-state index in [0.29, 0.717) is 16.8 Å². The van der Waals surface area contributed by atoms with Gasteiger partial charge in [-0.05, 0) is 42.0 Å². The average molecular weight is 411 g/mol. The van der Waals surface area contributed by atoms with Crippen molar-refractivity contribution in [3.63, 3.8) is 0 Å². The molecule has 3 aromatic carbocycles. The van der Waals surface area contributed by atoms with Crippen LogP contribution < -0.4 is 5.32 Å². The summed E-state index contributed by atoms with van der Waals surface area (Å²) < 4.78 is 32.4. The minimum absolute atomic E-state index is 0.0185. The average Bonchev–Trinajstić information content (AvgIpc) is 3.13. The van der Waals surface area contributed by atoms with E-state index in [4.69, 9.17) is 16.0 Å². The Balaban J connectivity index is 1.56. The smallest absolute Gasteiger partial charge is 0.248 e. The van der Waals surface area contributed by atoms with Crippen LogP contribution >= 0.6 is 11.6 Å². The molecule has 4 aromatic rings. The molecule has 0 fully saturated rings. The zero-order valence-electron chi connectivity index (χ0n) is 14.8. The van der Waals surface area contributed by atoms with Crippen LogP contribution in [-0.2, 0) is 4.79 Å². The van der Waals surface area contributed by atoms with Crippen molar-refractivity contribution in [3.05, 3.63) is 89.0 Å². The fraction of sp³-hybridized carbons (Fsp3) is 0. The van der Waals surface area contributed by atoms with E-state index in [1.807, 2.05) is 30.3 Å². The summed E-state index contributed by atoms with van der Waals surface area (Å²) >= 11 is 5.98. The zero-order chi connectivity index (χ0) is 20.4. The summed E-state index contributed by atoms with van der Waals surface area (Å²) in [6.07, 6.45) is 3.13. The zero-order valence-corrected chi connectivity index (χ0v) is 15.6. The van der Waals surface area contributed by atoms with Crippen molar-refractivity contribution in [3.8, 4) is 11.5 Å². The highest BCUT2D eigenvalue weighted by Crippen LogP contribution is 2.32. The maximum Gasteiger partial charge on any atom is 0.248 e. The normalized spacial score (nSPS) is 11.3. The number of nitrogens with zero attached hydrogens (tertiary/aromatic N) is 1. The molecule has 0 aliphatic carbocycles. The molecular formula is C22H13ClF2N2O2. The number of oxazole rings is 1. The summed E-state index contributed by atoms with van der Waals surface area (Å²) in [7, 11) is 0. The van der Waals surface area contributed by atoms with Crippen molar-refractivity contribution < 1.29 is 18.0 Å². The van der Waals surface area contributed by atoms with Gasteiger partial charge in [-0.15, -0.1) is 0 Å². The third-order valence-corrected chi connectivity index (χ3v) is 4.43. The van der Waals surface area contributed by atoms with Crippen LogP contribution in [0.5, 0.6) is 0 Å². The Labute approximate surface area is 169 Å².